The Morgan fingerprint density at radius 2 is 1.69 bits per heavy atom. The van der Waals surface area contributed by atoms with Crippen LogP contribution in [-0.4, -0.2) is 30.8 Å². The van der Waals surface area contributed by atoms with E-state index in [2.05, 4.69) is 27.7 Å². The quantitative estimate of drug-likeness (QED) is 0.556. The van der Waals surface area contributed by atoms with Crippen LogP contribution < -0.4 is 5.14 Å². The van der Waals surface area contributed by atoms with Gasteiger partial charge in [0.25, 0.3) is 0 Å². The summed E-state index contributed by atoms with van der Waals surface area (Å²) in [6, 6.07) is 0. The number of aliphatic hydroxyl groups is 2. The SMILES string of the molecule is CC[C@H]1[C@@H](O)[C@@H]2[C@H](CC[C@]3(C)[C@@H]([C@H](C)C/C=C/S(N)(=O)=O)CC[C@@H]23)[C@@]2(C)CC[C@@H](O)C[C@@H]12. The molecule has 0 amide bonds. The van der Waals surface area contributed by atoms with Gasteiger partial charge in [-0.15, -0.1) is 0 Å². The molecule has 0 radical (unpaired) electrons. The first-order valence-electron chi connectivity index (χ1n) is 13.0. The lowest BCUT2D eigenvalue weighted by Gasteiger charge is -2.64. The third kappa shape index (κ3) is 4.01. The highest BCUT2D eigenvalue weighted by atomic mass is 32.2. The predicted octanol–water partition coefficient (Wildman–Crippen LogP) is 4.44. The van der Waals surface area contributed by atoms with E-state index in [4.69, 9.17) is 5.14 Å². The fourth-order valence-corrected chi connectivity index (χ4v) is 9.88. The fraction of sp³-hybridized carbons (Fsp3) is 0.923. The van der Waals surface area contributed by atoms with Gasteiger partial charge in [-0.1, -0.05) is 40.2 Å². The highest BCUT2D eigenvalue weighted by molar-refractivity contribution is 7.92. The molecule has 0 heterocycles. The summed E-state index contributed by atoms with van der Waals surface area (Å²) in [7, 11) is -3.57. The number of hydrogen-bond donors (Lipinski definition) is 3. The second kappa shape index (κ2) is 8.66. The van der Waals surface area contributed by atoms with Gasteiger partial charge in [-0.2, -0.15) is 0 Å². The van der Waals surface area contributed by atoms with Crippen LogP contribution in [0.1, 0.15) is 85.5 Å². The molecule has 4 fully saturated rings. The van der Waals surface area contributed by atoms with Crippen molar-refractivity contribution in [1.29, 1.82) is 0 Å². The highest BCUT2D eigenvalue weighted by Gasteiger charge is 2.64. The van der Waals surface area contributed by atoms with Gasteiger partial charge in [-0.3, -0.25) is 0 Å². The van der Waals surface area contributed by atoms with Crippen molar-refractivity contribution in [3.63, 3.8) is 0 Å². The zero-order valence-corrected chi connectivity index (χ0v) is 21.2. The molecular weight excluding hydrogens is 422 g/mol. The van der Waals surface area contributed by atoms with E-state index in [1.165, 1.54) is 19.3 Å². The van der Waals surface area contributed by atoms with E-state index < -0.39 is 10.0 Å². The number of aliphatic hydroxyl groups excluding tert-OH is 2. The number of primary sulfonamides is 1. The van der Waals surface area contributed by atoms with Gasteiger partial charge in [-0.25, -0.2) is 13.6 Å². The number of fused-ring (bicyclic) bond motifs is 5. The predicted molar refractivity (Wildman–Crippen MR) is 128 cm³/mol. The largest absolute Gasteiger partial charge is 0.393 e. The number of rotatable bonds is 5. The number of sulfonamides is 1. The first-order chi connectivity index (χ1) is 14.9. The molecule has 32 heavy (non-hydrogen) atoms. The van der Waals surface area contributed by atoms with Crippen molar-refractivity contribution < 1.29 is 18.6 Å². The topological polar surface area (TPSA) is 101 Å². The number of allylic oxidation sites excluding steroid dienone is 1. The molecule has 6 heteroatoms. The Balaban J connectivity index is 1.59. The van der Waals surface area contributed by atoms with Gasteiger partial charge in [0.1, 0.15) is 0 Å². The minimum absolute atomic E-state index is 0.201. The Bertz CT molecular complexity index is 828. The Morgan fingerprint density at radius 3 is 2.34 bits per heavy atom. The molecule has 5 nitrogen and oxygen atoms in total. The van der Waals surface area contributed by atoms with E-state index in [1.807, 2.05) is 0 Å². The second-order valence-corrected chi connectivity index (χ2v) is 13.7. The van der Waals surface area contributed by atoms with Crippen molar-refractivity contribution in [3.05, 3.63) is 11.5 Å². The maximum absolute atomic E-state index is 11.7. The van der Waals surface area contributed by atoms with Gasteiger partial charge < -0.3 is 10.2 Å². The molecule has 4 saturated carbocycles. The van der Waals surface area contributed by atoms with Crippen LogP contribution in [0.3, 0.4) is 0 Å². The molecule has 0 bridgehead atoms. The van der Waals surface area contributed by atoms with Crippen molar-refractivity contribution in [2.45, 2.75) is 97.7 Å². The third-order valence-electron chi connectivity index (χ3n) is 10.9. The molecule has 11 atom stereocenters. The molecule has 184 valence electrons. The van der Waals surface area contributed by atoms with Gasteiger partial charge in [-0.05, 0) is 104 Å². The lowest BCUT2D eigenvalue weighted by Crippen LogP contribution is -2.62. The summed E-state index contributed by atoms with van der Waals surface area (Å²) in [6.45, 7) is 9.41. The van der Waals surface area contributed by atoms with Crippen LogP contribution >= 0.6 is 0 Å². The minimum atomic E-state index is -3.57. The summed E-state index contributed by atoms with van der Waals surface area (Å²) in [5, 5.41) is 28.5. The number of nitrogens with two attached hydrogens (primary N) is 1. The van der Waals surface area contributed by atoms with E-state index in [0.717, 1.165) is 43.9 Å². The summed E-state index contributed by atoms with van der Waals surface area (Å²) in [4.78, 5) is 0. The first kappa shape index (κ1) is 24.7. The standard InChI is InChI=1S/C26H45NO4S/c1-5-18-22-15-17(28)10-12-26(22,4)21-11-13-25(3)19(8-9-20(25)23(21)24(18)29)16(2)7-6-14-32(27,30)31/h6,14,16-24,28-29H,5,7-13,15H2,1-4H3,(H2,27,30,31)/b14-6+/t16-,17-,18-,19-,20+,21+,22+,23+,24-,25-,26-/m1/s1. The van der Waals surface area contributed by atoms with Crippen molar-refractivity contribution in [1.82, 2.24) is 0 Å². The molecule has 4 N–H and O–H groups in total. The van der Waals surface area contributed by atoms with E-state index in [0.29, 0.717) is 35.5 Å². The van der Waals surface area contributed by atoms with Crippen LogP contribution in [0.5, 0.6) is 0 Å². The Kier molecular flexibility index (Phi) is 6.68. The molecule has 4 aliphatic carbocycles. The summed E-state index contributed by atoms with van der Waals surface area (Å²) in [5.41, 5.74) is 0.430. The van der Waals surface area contributed by atoms with Crippen LogP contribution in [0.2, 0.25) is 0 Å². The average molecular weight is 468 g/mol. The molecule has 0 aromatic rings. The summed E-state index contributed by atoms with van der Waals surface area (Å²) < 4.78 is 22.6. The van der Waals surface area contributed by atoms with Crippen LogP contribution in [0.25, 0.3) is 0 Å². The third-order valence-corrected chi connectivity index (χ3v) is 11.5. The Morgan fingerprint density at radius 1 is 1.03 bits per heavy atom. The second-order valence-electron chi connectivity index (χ2n) is 12.3. The van der Waals surface area contributed by atoms with Crippen molar-refractivity contribution in [2.24, 2.45) is 57.4 Å². The van der Waals surface area contributed by atoms with Crippen LogP contribution in [0.15, 0.2) is 11.5 Å². The molecule has 4 aliphatic rings. The zero-order chi connectivity index (χ0) is 23.5. The van der Waals surface area contributed by atoms with E-state index >= 15 is 0 Å². The maximum Gasteiger partial charge on any atom is 0.230 e. The zero-order valence-electron chi connectivity index (χ0n) is 20.4. The van der Waals surface area contributed by atoms with Gasteiger partial charge in [0.05, 0.1) is 12.2 Å². The summed E-state index contributed by atoms with van der Waals surface area (Å²) in [6.07, 6.45) is 10.5. The highest BCUT2D eigenvalue weighted by Crippen LogP contribution is 2.69. The lowest BCUT2D eigenvalue weighted by atomic mass is 9.41. The smallest absolute Gasteiger partial charge is 0.230 e. The molecule has 0 aromatic heterocycles. The number of hydrogen-bond acceptors (Lipinski definition) is 4. The normalized spacial score (nSPS) is 50.0. The first-order valence-corrected chi connectivity index (χ1v) is 14.6. The average Bonchev–Trinajstić information content (AvgIpc) is 3.06. The van der Waals surface area contributed by atoms with E-state index in [1.54, 1.807) is 6.08 Å². The lowest BCUT2D eigenvalue weighted by molar-refractivity contribution is -0.203. The molecule has 0 aliphatic heterocycles. The van der Waals surface area contributed by atoms with E-state index in [-0.39, 0.29) is 29.0 Å². The van der Waals surface area contributed by atoms with Gasteiger partial charge >= 0.3 is 0 Å². The summed E-state index contributed by atoms with van der Waals surface area (Å²) in [5.74, 6) is 3.09. The summed E-state index contributed by atoms with van der Waals surface area (Å²) >= 11 is 0. The van der Waals surface area contributed by atoms with Gasteiger partial charge in [0.15, 0.2) is 0 Å². The van der Waals surface area contributed by atoms with Crippen LogP contribution in [0, 0.1) is 52.3 Å². The van der Waals surface area contributed by atoms with Crippen LogP contribution in [0.4, 0.5) is 0 Å². The monoisotopic (exact) mass is 467 g/mol. The molecule has 0 spiro atoms. The fourth-order valence-electron chi connectivity index (χ4n) is 9.50. The molecule has 0 saturated heterocycles. The van der Waals surface area contributed by atoms with Crippen molar-refractivity contribution in [2.75, 3.05) is 0 Å². The molecule has 0 aromatic carbocycles. The van der Waals surface area contributed by atoms with Gasteiger partial charge in [0.2, 0.25) is 10.0 Å². The van der Waals surface area contributed by atoms with Crippen molar-refractivity contribution in [3.8, 4) is 0 Å². The van der Waals surface area contributed by atoms with Gasteiger partial charge in [0, 0.05) is 5.41 Å². The van der Waals surface area contributed by atoms with Crippen LogP contribution in [-0.2, 0) is 10.0 Å². The Labute approximate surface area is 195 Å². The molecule has 4 rings (SSSR count). The Hall–Kier alpha value is -0.430. The molecular formula is C26H45NO4S. The minimum Gasteiger partial charge on any atom is -0.393 e. The maximum atomic E-state index is 11.7. The van der Waals surface area contributed by atoms with E-state index in [9.17, 15) is 18.6 Å². The molecule has 0 unspecified atom stereocenters. The van der Waals surface area contributed by atoms with Crippen molar-refractivity contribution >= 4 is 10.0 Å².